The van der Waals surface area contributed by atoms with E-state index >= 15 is 0 Å². The second kappa shape index (κ2) is 6.40. The van der Waals surface area contributed by atoms with E-state index in [4.69, 9.17) is 5.11 Å². The molecule has 0 heterocycles. The van der Waals surface area contributed by atoms with Gasteiger partial charge < -0.3 is 15.5 Å². The van der Waals surface area contributed by atoms with Gasteiger partial charge in [0.15, 0.2) is 0 Å². The molecular weight excluding hydrogens is 226 g/mol. The first-order valence-electron chi connectivity index (χ1n) is 4.97. The summed E-state index contributed by atoms with van der Waals surface area (Å²) in [5.41, 5.74) is -0.607. The van der Waals surface area contributed by atoms with Gasteiger partial charge in [-0.05, 0) is 19.1 Å². The number of hydrogen-bond acceptors (Lipinski definition) is 3. The molecule has 0 aromatic heterocycles. The summed E-state index contributed by atoms with van der Waals surface area (Å²) < 4.78 is 0. The largest absolute Gasteiger partial charge is 0.465 e. The summed E-state index contributed by atoms with van der Waals surface area (Å²) in [6.45, 7) is 1.73. The first-order chi connectivity index (χ1) is 7.58. The van der Waals surface area contributed by atoms with Gasteiger partial charge in [-0.1, -0.05) is 30.0 Å². The highest BCUT2D eigenvalue weighted by Gasteiger charge is 2.12. The first-order valence-corrected chi connectivity index (χ1v) is 5.85. The van der Waals surface area contributed by atoms with Crippen LogP contribution in [0, 0.1) is 0 Å². The molecule has 0 radical (unpaired) electrons. The highest BCUT2D eigenvalue weighted by Crippen LogP contribution is 2.23. The second-order valence-electron chi connectivity index (χ2n) is 3.47. The van der Waals surface area contributed by atoms with E-state index in [1.54, 1.807) is 6.92 Å². The van der Waals surface area contributed by atoms with E-state index in [1.807, 2.05) is 30.3 Å². The molecule has 2 atom stereocenters. The number of nitrogens with one attached hydrogen (secondary N) is 1. The highest BCUT2D eigenvalue weighted by atomic mass is 32.2. The van der Waals surface area contributed by atoms with Gasteiger partial charge in [-0.2, -0.15) is 0 Å². The van der Waals surface area contributed by atoms with Crippen LogP contribution >= 0.6 is 11.8 Å². The number of benzene rings is 1. The van der Waals surface area contributed by atoms with Gasteiger partial charge in [0, 0.05) is 17.4 Å². The molecule has 0 spiro atoms. The second-order valence-corrected chi connectivity index (χ2v) is 4.72. The molecule has 4 nitrogen and oxygen atoms in total. The van der Waals surface area contributed by atoms with Crippen molar-refractivity contribution in [2.45, 2.75) is 29.7 Å². The number of carboxylic acid groups (broad SMARTS) is 1. The number of hydrogen-bond donors (Lipinski definition) is 3. The van der Waals surface area contributed by atoms with Crippen LogP contribution in [0.1, 0.15) is 13.3 Å². The summed E-state index contributed by atoms with van der Waals surface area (Å²) in [7, 11) is 0. The maximum atomic E-state index is 10.3. The van der Waals surface area contributed by atoms with Crippen LogP contribution in [0.2, 0.25) is 0 Å². The zero-order chi connectivity index (χ0) is 12.0. The molecule has 1 aromatic carbocycles. The normalized spacial score (nSPS) is 14.1. The van der Waals surface area contributed by atoms with Crippen LogP contribution in [-0.4, -0.2) is 27.8 Å². The number of aliphatic hydroxyl groups is 1. The maximum absolute atomic E-state index is 10.3. The molecule has 1 aromatic rings. The van der Waals surface area contributed by atoms with E-state index in [-0.39, 0.29) is 6.04 Å². The molecule has 3 N–H and O–H groups in total. The third-order valence-electron chi connectivity index (χ3n) is 1.94. The Kier molecular flexibility index (Phi) is 5.14. The lowest BCUT2D eigenvalue weighted by Gasteiger charge is -2.15. The van der Waals surface area contributed by atoms with Crippen LogP contribution < -0.4 is 5.32 Å². The van der Waals surface area contributed by atoms with Crippen LogP contribution in [0.4, 0.5) is 4.79 Å². The molecule has 0 aliphatic rings. The Bertz CT molecular complexity index is 331. The summed E-state index contributed by atoms with van der Waals surface area (Å²) in [5.74, 6) is 0. The summed E-state index contributed by atoms with van der Waals surface area (Å²) in [5, 5.41) is 20.5. The minimum Gasteiger partial charge on any atom is -0.465 e. The zero-order valence-corrected chi connectivity index (χ0v) is 9.78. The summed E-state index contributed by atoms with van der Waals surface area (Å²) in [4.78, 5) is 11.3. The van der Waals surface area contributed by atoms with Crippen molar-refractivity contribution in [1.29, 1.82) is 0 Å². The highest BCUT2D eigenvalue weighted by molar-refractivity contribution is 7.99. The fourth-order valence-electron chi connectivity index (χ4n) is 1.28. The quantitative estimate of drug-likeness (QED) is 0.545. The van der Waals surface area contributed by atoms with Gasteiger partial charge in [0.2, 0.25) is 0 Å². The Labute approximate surface area is 98.7 Å². The van der Waals surface area contributed by atoms with Gasteiger partial charge in [0.25, 0.3) is 0 Å². The van der Waals surface area contributed by atoms with Gasteiger partial charge in [-0.3, -0.25) is 0 Å². The Morgan fingerprint density at radius 3 is 2.62 bits per heavy atom. The number of amides is 1. The van der Waals surface area contributed by atoms with Crippen LogP contribution in [0.25, 0.3) is 0 Å². The lowest BCUT2D eigenvalue weighted by atomic mass is 10.2. The molecule has 0 saturated carbocycles. The molecule has 0 fully saturated rings. The molecule has 0 saturated heterocycles. The van der Waals surface area contributed by atoms with Crippen LogP contribution in [0.3, 0.4) is 0 Å². The monoisotopic (exact) mass is 241 g/mol. The fourth-order valence-corrected chi connectivity index (χ4v) is 2.29. The molecule has 5 heteroatoms. The fraction of sp³-hybridized carbons (Fsp3) is 0.364. The Morgan fingerprint density at radius 1 is 1.44 bits per heavy atom. The molecule has 16 heavy (non-hydrogen) atoms. The Hall–Kier alpha value is -1.20. The van der Waals surface area contributed by atoms with E-state index in [9.17, 15) is 9.90 Å². The Balaban J connectivity index is 2.36. The van der Waals surface area contributed by atoms with Crippen LogP contribution in [-0.2, 0) is 0 Å². The van der Waals surface area contributed by atoms with E-state index in [1.165, 1.54) is 11.8 Å². The smallest absolute Gasteiger partial charge is 0.404 e. The third-order valence-corrected chi connectivity index (χ3v) is 2.95. The summed E-state index contributed by atoms with van der Waals surface area (Å²) in [6, 6.07) is 9.25. The van der Waals surface area contributed by atoms with E-state index < -0.39 is 11.5 Å². The number of aliphatic hydroxyl groups excluding tert-OH is 1. The van der Waals surface area contributed by atoms with Crippen molar-refractivity contribution in [1.82, 2.24) is 5.32 Å². The van der Waals surface area contributed by atoms with E-state index in [2.05, 4.69) is 5.32 Å². The molecule has 0 bridgehead atoms. The van der Waals surface area contributed by atoms with Crippen LogP contribution in [0.15, 0.2) is 35.2 Å². The third kappa shape index (κ3) is 5.04. The minimum atomic E-state index is -1.07. The topological polar surface area (TPSA) is 69.6 Å². The van der Waals surface area contributed by atoms with Crippen molar-refractivity contribution >= 4 is 17.9 Å². The SMILES string of the molecule is C[C@H](C[C@@H](O)Sc1ccccc1)NC(=O)O. The number of rotatable bonds is 5. The molecule has 0 aliphatic carbocycles. The van der Waals surface area contributed by atoms with Crippen LogP contribution in [0.5, 0.6) is 0 Å². The number of carbonyl (C=O) groups is 1. The minimum absolute atomic E-state index is 0.260. The molecule has 0 unspecified atom stereocenters. The molecule has 88 valence electrons. The van der Waals surface area contributed by atoms with E-state index in [0.29, 0.717) is 6.42 Å². The predicted octanol–water partition coefficient (Wildman–Crippen LogP) is 2.14. The molecular formula is C11H15NO3S. The zero-order valence-electron chi connectivity index (χ0n) is 8.96. The van der Waals surface area contributed by atoms with Gasteiger partial charge in [0.1, 0.15) is 5.44 Å². The molecule has 0 aliphatic heterocycles. The van der Waals surface area contributed by atoms with Crippen molar-refractivity contribution < 1.29 is 15.0 Å². The van der Waals surface area contributed by atoms with Gasteiger partial charge in [0.05, 0.1) is 0 Å². The molecule has 1 rings (SSSR count). The van der Waals surface area contributed by atoms with Gasteiger partial charge >= 0.3 is 6.09 Å². The first kappa shape index (κ1) is 12.9. The van der Waals surface area contributed by atoms with Gasteiger partial charge in [-0.25, -0.2) is 4.79 Å². The number of thioether (sulfide) groups is 1. The Morgan fingerprint density at radius 2 is 2.06 bits per heavy atom. The maximum Gasteiger partial charge on any atom is 0.404 e. The lowest BCUT2D eigenvalue weighted by Crippen LogP contribution is -2.33. The average Bonchev–Trinajstić information content (AvgIpc) is 2.17. The summed E-state index contributed by atoms with van der Waals surface area (Å²) >= 11 is 1.32. The lowest BCUT2D eigenvalue weighted by molar-refractivity contribution is 0.184. The predicted molar refractivity (Wildman–Crippen MR) is 63.5 cm³/mol. The van der Waals surface area contributed by atoms with Crippen molar-refractivity contribution in [2.75, 3.05) is 0 Å². The standard InChI is InChI=1S/C11H15NO3S/c1-8(12-11(14)15)7-10(13)16-9-5-3-2-4-6-9/h2-6,8,10,12-13H,7H2,1H3,(H,14,15)/t8-,10+/m1/s1. The van der Waals surface area contributed by atoms with Gasteiger partial charge in [-0.15, -0.1) is 0 Å². The summed E-state index contributed by atoms with van der Waals surface area (Å²) in [6.07, 6.45) is -0.685. The average molecular weight is 241 g/mol. The molecule has 1 amide bonds. The van der Waals surface area contributed by atoms with Crippen molar-refractivity contribution in [3.8, 4) is 0 Å². The van der Waals surface area contributed by atoms with E-state index in [0.717, 1.165) is 4.90 Å². The van der Waals surface area contributed by atoms with Crippen molar-refractivity contribution in [3.63, 3.8) is 0 Å². The van der Waals surface area contributed by atoms with Crippen molar-refractivity contribution in [3.05, 3.63) is 30.3 Å². The van der Waals surface area contributed by atoms with Crippen molar-refractivity contribution in [2.24, 2.45) is 0 Å².